The summed E-state index contributed by atoms with van der Waals surface area (Å²) in [5.74, 6) is -0.727. The highest BCUT2D eigenvalue weighted by atomic mass is 79.9. The van der Waals surface area contributed by atoms with Gasteiger partial charge in [-0.05, 0) is 30.7 Å². The summed E-state index contributed by atoms with van der Waals surface area (Å²) in [6.07, 6.45) is 0. The Morgan fingerprint density at radius 2 is 2.25 bits per heavy atom. The largest absolute Gasteiger partial charge is 0.396 e. The van der Waals surface area contributed by atoms with Crippen molar-refractivity contribution in [3.63, 3.8) is 0 Å². The van der Waals surface area contributed by atoms with Gasteiger partial charge in [-0.15, -0.1) is 0 Å². The van der Waals surface area contributed by atoms with Gasteiger partial charge in [0.2, 0.25) is 0 Å². The van der Waals surface area contributed by atoms with Gasteiger partial charge in [0.15, 0.2) is 0 Å². The molecule has 0 spiro atoms. The van der Waals surface area contributed by atoms with Crippen LogP contribution in [0.15, 0.2) is 22.7 Å². The number of hydrogen-bond donors (Lipinski definition) is 1. The Morgan fingerprint density at radius 3 is 2.83 bits per heavy atom. The maximum Gasteiger partial charge on any atom is 0.126 e. The SMILES string of the molecule is [CH2]C(CO)c1cc(Br)ccc1F. The maximum absolute atomic E-state index is 13.0. The molecule has 0 bridgehead atoms. The first-order valence-electron chi connectivity index (χ1n) is 3.54. The van der Waals surface area contributed by atoms with E-state index in [4.69, 9.17) is 5.11 Å². The summed E-state index contributed by atoms with van der Waals surface area (Å²) >= 11 is 3.22. The smallest absolute Gasteiger partial charge is 0.126 e. The standard InChI is InChI=1S/C9H9BrFO/c1-6(5-12)8-4-7(10)2-3-9(8)11/h2-4,6,12H,1,5H2. The van der Waals surface area contributed by atoms with E-state index < -0.39 is 5.92 Å². The average Bonchev–Trinajstić information content (AvgIpc) is 2.08. The van der Waals surface area contributed by atoms with E-state index in [2.05, 4.69) is 22.9 Å². The van der Waals surface area contributed by atoms with Gasteiger partial charge in [0.25, 0.3) is 0 Å². The van der Waals surface area contributed by atoms with Crippen LogP contribution in [-0.2, 0) is 0 Å². The quantitative estimate of drug-likeness (QED) is 0.830. The van der Waals surface area contributed by atoms with Gasteiger partial charge in [-0.2, -0.15) is 0 Å². The molecule has 0 amide bonds. The molecule has 1 rings (SSSR count). The minimum atomic E-state index is -0.400. The zero-order valence-corrected chi connectivity index (χ0v) is 8.01. The van der Waals surface area contributed by atoms with Crippen LogP contribution in [0.3, 0.4) is 0 Å². The van der Waals surface area contributed by atoms with Gasteiger partial charge in [0, 0.05) is 10.4 Å². The first-order valence-corrected chi connectivity index (χ1v) is 4.33. The van der Waals surface area contributed by atoms with Gasteiger partial charge in [0.05, 0.1) is 6.61 Å². The molecule has 1 unspecified atom stereocenters. The first kappa shape index (κ1) is 9.68. The van der Waals surface area contributed by atoms with Crippen molar-refractivity contribution in [2.75, 3.05) is 6.61 Å². The number of halogens is 2. The third-order valence-electron chi connectivity index (χ3n) is 1.62. The molecule has 1 nitrogen and oxygen atoms in total. The summed E-state index contributed by atoms with van der Waals surface area (Å²) in [6.45, 7) is 3.47. The topological polar surface area (TPSA) is 20.2 Å². The molecule has 0 aliphatic carbocycles. The number of rotatable bonds is 2. The lowest BCUT2D eigenvalue weighted by Gasteiger charge is -2.09. The van der Waals surface area contributed by atoms with Crippen LogP contribution in [0.5, 0.6) is 0 Å². The van der Waals surface area contributed by atoms with Crippen molar-refractivity contribution in [1.29, 1.82) is 0 Å². The van der Waals surface area contributed by atoms with Crippen LogP contribution in [0.4, 0.5) is 4.39 Å². The fourth-order valence-corrected chi connectivity index (χ4v) is 1.30. The Morgan fingerprint density at radius 1 is 1.58 bits per heavy atom. The van der Waals surface area contributed by atoms with Crippen LogP contribution in [-0.4, -0.2) is 11.7 Å². The molecule has 0 aliphatic rings. The summed E-state index contributed by atoms with van der Waals surface area (Å²) in [4.78, 5) is 0. The van der Waals surface area contributed by atoms with Gasteiger partial charge >= 0.3 is 0 Å². The molecule has 1 radical (unpaired) electrons. The van der Waals surface area contributed by atoms with Crippen LogP contribution in [0.25, 0.3) is 0 Å². The van der Waals surface area contributed by atoms with E-state index in [0.717, 1.165) is 4.47 Å². The molecular formula is C9H9BrFO. The lowest BCUT2D eigenvalue weighted by Crippen LogP contribution is -2.01. The maximum atomic E-state index is 13.0. The molecule has 0 saturated heterocycles. The molecule has 0 heterocycles. The molecule has 12 heavy (non-hydrogen) atoms. The van der Waals surface area contributed by atoms with E-state index >= 15 is 0 Å². The molecule has 1 aromatic carbocycles. The van der Waals surface area contributed by atoms with Gasteiger partial charge in [-0.25, -0.2) is 4.39 Å². The molecule has 1 atom stereocenters. The second-order valence-electron chi connectivity index (χ2n) is 2.55. The van der Waals surface area contributed by atoms with Gasteiger partial charge in [-0.3, -0.25) is 0 Å². The fourth-order valence-electron chi connectivity index (χ4n) is 0.926. The van der Waals surface area contributed by atoms with Gasteiger partial charge < -0.3 is 5.11 Å². The Kier molecular flexibility index (Phi) is 3.23. The fraction of sp³-hybridized carbons (Fsp3) is 0.222. The molecule has 3 heteroatoms. The predicted octanol–water partition coefficient (Wildman–Crippen LogP) is 2.50. The number of hydrogen-bond acceptors (Lipinski definition) is 1. The molecule has 0 saturated carbocycles. The summed E-state index contributed by atoms with van der Waals surface area (Å²) in [6, 6.07) is 4.60. The van der Waals surface area contributed by atoms with Crippen LogP contribution in [0, 0.1) is 12.7 Å². The number of aliphatic hydroxyl groups excluding tert-OH is 1. The second kappa shape index (κ2) is 4.01. The van der Waals surface area contributed by atoms with Crippen LogP contribution < -0.4 is 0 Å². The Bertz CT molecular complexity index is 275. The Labute approximate surface area is 79.4 Å². The number of benzene rings is 1. The lowest BCUT2D eigenvalue weighted by atomic mass is 10.0. The monoisotopic (exact) mass is 231 g/mol. The zero-order valence-electron chi connectivity index (χ0n) is 6.43. The highest BCUT2D eigenvalue weighted by molar-refractivity contribution is 9.10. The Balaban J connectivity index is 3.04. The molecule has 1 aromatic rings. The second-order valence-corrected chi connectivity index (χ2v) is 3.46. The van der Waals surface area contributed by atoms with Crippen molar-refractivity contribution in [1.82, 2.24) is 0 Å². The Hall–Kier alpha value is -0.410. The molecule has 0 aromatic heterocycles. The summed E-state index contributed by atoms with van der Waals surface area (Å²) < 4.78 is 13.8. The highest BCUT2D eigenvalue weighted by Crippen LogP contribution is 2.22. The third kappa shape index (κ3) is 2.05. The zero-order chi connectivity index (χ0) is 9.14. The minimum Gasteiger partial charge on any atom is -0.396 e. The van der Waals surface area contributed by atoms with E-state index in [9.17, 15) is 4.39 Å². The van der Waals surface area contributed by atoms with Crippen LogP contribution in [0.1, 0.15) is 11.5 Å². The normalized spacial score (nSPS) is 13.0. The third-order valence-corrected chi connectivity index (χ3v) is 2.11. The van der Waals surface area contributed by atoms with Crippen molar-refractivity contribution in [2.24, 2.45) is 0 Å². The van der Waals surface area contributed by atoms with Crippen LogP contribution in [0.2, 0.25) is 0 Å². The summed E-state index contributed by atoms with van der Waals surface area (Å²) in [7, 11) is 0. The molecular weight excluding hydrogens is 223 g/mol. The van der Waals surface area contributed by atoms with Crippen molar-refractivity contribution >= 4 is 15.9 Å². The number of aliphatic hydroxyl groups is 1. The molecule has 0 aliphatic heterocycles. The van der Waals surface area contributed by atoms with E-state index in [1.165, 1.54) is 6.07 Å². The van der Waals surface area contributed by atoms with Crippen molar-refractivity contribution < 1.29 is 9.50 Å². The van der Waals surface area contributed by atoms with Gasteiger partial charge in [-0.1, -0.05) is 15.9 Å². The molecule has 65 valence electrons. The minimum absolute atomic E-state index is 0.145. The van der Waals surface area contributed by atoms with Crippen molar-refractivity contribution in [3.8, 4) is 0 Å². The van der Waals surface area contributed by atoms with Crippen LogP contribution >= 0.6 is 15.9 Å². The highest BCUT2D eigenvalue weighted by Gasteiger charge is 2.09. The predicted molar refractivity (Wildman–Crippen MR) is 49.3 cm³/mol. The van der Waals surface area contributed by atoms with E-state index in [-0.39, 0.29) is 12.4 Å². The average molecular weight is 232 g/mol. The van der Waals surface area contributed by atoms with E-state index in [0.29, 0.717) is 5.56 Å². The van der Waals surface area contributed by atoms with Crippen molar-refractivity contribution in [2.45, 2.75) is 5.92 Å². The first-order chi connectivity index (χ1) is 5.65. The summed E-state index contributed by atoms with van der Waals surface area (Å²) in [5.41, 5.74) is 0.437. The lowest BCUT2D eigenvalue weighted by molar-refractivity contribution is 0.280. The van der Waals surface area contributed by atoms with E-state index in [1.54, 1.807) is 12.1 Å². The summed E-state index contributed by atoms with van der Waals surface area (Å²) in [5, 5.41) is 8.76. The van der Waals surface area contributed by atoms with Crippen molar-refractivity contribution in [3.05, 3.63) is 41.0 Å². The van der Waals surface area contributed by atoms with Gasteiger partial charge in [0.1, 0.15) is 5.82 Å². The molecule has 0 fully saturated rings. The molecule has 1 N–H and O–H groups in total. The van der Waals surface area contributed by atoms with E-state index in [1.807, 2.05) is 0 Å².